The summed E-state index contributed by atoms with van der Waals surface area (Å²) in [4.78, 5) is 19.8. The topological polar surface area (TPSA) is 88.2 Å². The van der Waals surface area contributed by atoms with Crippen LogP contribution in [0.15, 0.2) is 77.3 Å². The quantitative estimate of drug-likeness (QED) is 0.289. The number of nitrogens with one attached hydrogen (secondary N) is 2. The third-order valence-corrected chi connectivity index (χ3v) is 7.15. The summed E-state index contributed by atoms with van der Waals surface area (Å²) >= 11 is 6.45. The van der Waals surface area contributed by atoms with Crippen LogP contribution < -0.4 is 10.6 Å². The molecule has 1 amide bonds. The normalized spacial score (nSPS) is 14.1. The second kappa shape index (κ2) is 11.0. The predicted molar refractivity (Wildman–Crippen MR) is 153 cm³/mol. The molecule has 8 nitrogen and oxygen atoms in total. The summed E-state index contributed by atoms with van der Waals surface area (Å²) in [6, 6.07) is 21.3. The molecular formula is C30H29ClN6O2. The molecule has 198 valence electrons. The highest BCUT2D eigenvalue weighted by molar-refractivity contribution is 6.31. The van der Waals surface area contributed by atoms with E-state index < -0.39 is 0 Å². The number of furan rings is 1. The first-order chi connectivity index (χ1) is 19.0. The number of aryl methyl sites for hydroxylation is 1. The molecule has 0 aliphatic carbocycles. The van der Waals surface area contributed by atoms with E-state index in [1.165, 1.54) is 0 Å². The number of halogens is 1. The Morgan fingerprint density at radius 2 is 1.87 bits per heavy atom. The second-order valence-corrected chi connectivity index (χ2v) is 10.3. The zero-order valence-electron chi connectivity index (χ0n) is 21.7. The van der Waals surface area contributed by atoms with Crippen LogP contribution in [0.25, 0.3) is 22.3 Å². The molecule has 2 aromatic carbocycles. The van der Waals surface area contributed by atoms with Gasteiger partial charge in [0.1, 0.15) is 17.2 Å². The molecule has 1 aliphatic rings. The van der Waals surface area contributed by atoms with Crippen molar-refractivity contribution in [1.29, 1.82) is 0 Å². The monoisotopic (exact) mass is 540 g/mol. The van der Waals surface area contributed by atoms with Crippen molar-refractivity contribution in [2.24, 2.45) is 0 Å². The van der Waals surface area contributed by atoms with E-state index in [1.54, 1.807) is 10.7 Å². The van der Waals surface area contributed by atoms with Gasteiger partial charge in [0.2, 0.25) is 0 Å². The summed E-state index contributed by atoms with van der Waals surface area (Å²) in [6.07, 6.45) is 1.82. The molecule has 1 saturated heterocycles. The standard InChI is InChI=1S/C30H29ClN6O2/c1-20-13-26(30(38)34-28-8-7-21(17-33-28)18-36-11-9-32-10-12-36)35-37(20)19-24-15-25(31)14-23-16-27(39-29(23)24)22-5-3-2-4-6-22/h2-8,13-17,32H,9-12,18-19H2,1H3,(H,33,34,38). The van der Waals surface area contributed by atoms with Crippen molar-refractivity contribution in [2.45, 2.75) is 20.0 Å². The van der Waals surface area contributed by atoms with Gasteiger partial charge in [-0.25, -0.2) is 4.98 Å². The number of aromatic nitrogens is 3. The number of pyridine rings is 1. The summed E-state index contributed by atoms with van der Waals surface area (Å²) in [5.41, 5.74) is 4.93. The fraction of sp³-hybridized carbons (Fsp3) is 0.233. The third kappa shape index (κ3) is 5.73. The molecule has 6 rings (SSSR count). The number of hydrogen-bond acceptors (Lipinski definition) is 6. The lowest BCUT2D eigenvalue weighted by Gasteiger charge is -2.27. The Labute approximate surface area is 231 Å². The molecule has 0 saturated carbocycles. The second-order valence-electron chi connectivity index (χ2n) is 9.82. The smallest absolute Gasteiger partial charge is 0.277 e. The Kier molecular flexibility index (Phi) is 7.15. The number of amides is 1. The Bertz CT molecular complexity index is 1600. The fourth-order valence-corrected chi connectivity index (χ4v) is 5.14. The van der Waals surface area contributed by atoms with Crippen molar-refractivity contribution in [1.82, 2.24) is 25.0 Å². The summed E-state index contributed by atoms with van der Waals surface area (Å²) in [5.74, 6) is 0.967. The van der Waals surface area contributed by atoms with Gasteiger partial charge in [0.05, 0.1) is 6.54 Å². The molecule has 4 heterocycles. The van der Waals surface area contributed by atoms with Crippen molar-refractivity contribution in [3.63, 3.8) is 0 Å². The highest BCUT2D eigenvalue weighted by Gasteiger charge is 2.17. The van der Waals surface area contributed by atoms with Crippen molar-refractivity contribution in [3.05, 3.63) is 100 Å². The number of anilines is 1. The van der Waals surface area contributed by atoms with E-state index in [4.69, 9.17) is 16.0 Å². The first-order valence-corrected chi connectivity index (χ1v) is 13.4. The molecule has 0 unspecified atom stereocenters. The van der Waals surface area contributed by atoms with Crippen molar-refractivity contribution in [2.75, 3.05) is 31.5 Å². The van der Waals surface area contributed by atoms with E-state index in [9.17, 15) is 4.79 Å². The molecule has 1 aliphatic heterocycles. The highest BCUT2D eigenvalue weighted by atomic mass is 35.5. The van der Waals surface area contributed by atoms with Crippen LogP contribution in [0.1, 0.15) is 27.3 Å². The van der Waals surface area contributed by atoms with Gasteiger partial charge in [0.15, 0.2) is 5.69 Å². The minimum Gasteiger partial charge on any atom is -0.456 e. The Morgan fingerprint density at radius 3 is 2.64 bits per heavy atom. The largest absolute Gasteiger partial charge is 0.456 e. The number of carbonyl (C=O) groups is 1. The molecular weight excluding hydrogens is 512 g/mol. The highest BCUT2D eigenvalue weighted by Crippen LogP contribution is 2.32. The van der Waals surface area contributed by atoms with Gasteiger partial charge in [-0.05, 0) is 42.8 Å². The molecule has 3 aromatic heterocycles. The molecule has 39 heavy (non-hydrogen) atoms. The van der Waals surface area contributed by atoms with E-state index in [0.717, 1.165) is 71.8 Å². The Hall–Kier alpha value is -3.98. The molecule has 0 bridgehead atoms. The van der Waals surface area contributed by atoms with Crippen LogP contribution in [-0.2, 0) is 13.1 Å². The SMILES string of the molecule is Cc1cc(C(=O)Nc2ccc(CN3CCNCC3)cn2)nn1Cc1cc(Cl)cc2cc(-c3ccccc3)oc12. The molecule has 2 N–H and O–H groups in total. The minimum absolute atomic E-state index is 0.306. The first kappa shape index (κ1) is 25.3. The predicted octanol–water partition coefficient (Wildman–Crippen LogP) is 5.36. The summed E-state index contributed by atoms with van der Waals surface area (Å²) in [7, 11) is 0. The average Bonchev–Trinajstić information content (AvgIpc) is 3.54. The minimum atomic E-state index is -0.306. The lowest BCUT2D eigenvalue weighted by Crippen LogP contribution is -2.42. The molecule has 9 heteroatoms. The van der Waals surface area contributed by atoms with E-state index in [1.807, 2.05) is 73.8 Å². The molecule has 0 atom stereocenters. The van der Waals surface area contributed by atoms with E-state index in [0.29, 0.717) is 23.1 Å². The molecule has 1 fully saturated rings. The number of rotatable bonds is 7. The maximum absolute atomic E-state index is 13.0. The number of benzene rings is 2. The van der Waals surface area contributed by atoms with Gasteiger partial charge >= 0.3 is 0 Å². The number of carbonyl (C=O) groups excluding carboxylic acids is 1. The van der Waals surface area contributed by atoms with Crippen LogP contribution >= 0.6 is 11.6 Å². The number of piperazine rings is 1. The van der Waals surface area contributed by atoms with Crippen LogP contribution in [0.2, 0.25) is 5.02 Å². The summed E-state index contributed by atoms with van der Waals surface area (Å²) in [5, 5.41) is 12.3. The van der Waals surface area contributed by atoms with E-state index in [2.05, 4.69) is 25.6 Å². The maximum Gasteiger partial charge on any atom is 0.277 e. The third-order valence-electron chi connectivity index (χ3n) is 6.93. The van der Waals surface area contributed by atoms with Crippen molar-refractivity contribution >= 4 is 34.3 Å². The van der Waals surface area contributed by atoms with Gasteiger partial charge < -0.3 is 15.1 Å². The van der Waals surface area contributed by atoms with Crippen LogP contribution in [0.4, 0.5) is 5.82 Å². The zero-order chi connectivity index (χ0) is 26.8. The zero-order valence-corrected chi connectivity index (χ0v) is 22.4. The number of fused-ring (bicyclic) bond motifs is 1. The van der Waals surface area contributed by atoms with Gasteiger partial charge in [-0.15, -0.1) is 0 Å². The number of hydrogen-bond donors (Lipinski definition) is 2. The average molecular weight is 541 g/mol. The molecule has 0 spiro atoms. The van der Waals surface area contributed by atoms with Gasteiger partial charge in [-0.1, -0.05) is 48.0 Å². The Morgan fingerprint density at radius 1 is 1.05 bits per heavy atom. The summed E-state index contributed by atoms with van der Waals surface area (Å²) in [6.45, 7) is 7.25. The van der Waals surface area contributed by atoms with Gasteiger partial charge in [-0.3, -0.25) is 14.4 Å². The number of nitrogens with zero attached hydrogens (tertiary/aromatic N) is 4. The van der Waals surface area contributed by atoms with Crippen molar-refractivity contribution < 1.29 is 9.21 Å². The van der Waals surface area contributed by atoms with E-state index >= 15 is 0 Å². The van der Waals surface area contributed by atoms with Gasteiger partial charge in [-0.2, -0.15) is 5.10 Å². The summed E-state index contributed by atoms with van der Waals surface area (Å²) < 4.78 is 8.04. The lowest BCUT2D eigenvalue weighted by molar-refractivity contribution is 0.102. The lowest BCUT2D eigenvalue weighted by atomic mass is 10.1. The first-order valence-electron chi connectivity index (χ1n) is 13.0. The van der Waals surface area contributed by atoms with Gasteiger partial charge in [0.25, 0.3) is 5.91 Å². The fourth-order valence-electron chi connectivity index (χ4n) is 4.89. The van der Waals surface area contributed by atoms with Crippen molar-refractivity contribution in [3.8, 4) is 11.3 Å². The Balaban J connectivity index is 1.17. The van der Waals surface area contributed by atoms with Crippen LogP contribution in [0.3, 0.4) is 0 Å². The van der Waals surface area contributed by atoms with Crippen LogP contribution in [0, 0.1) is 6.92 Å². The van der Waals surface area contributed by atoms with Crippen LogP contribution in [-0.4, -0.2) is 51.8 Å². The van der Waals surface area contributed by atoms with Gasteiger partial charge in [0, 0.05) is 66.2 Å². The van der Waals surface area contributed by atoms with E-state index in [-0.39, 0.29) is 5.91 Å². The molecule has 5 aromatic rings. The van der Waals surface area contributed by atoms with Crippen LogP contribution in [0.5, 0.6) is 0 Å². The molecule has 0 radical (unpaired) electrons. The maximum atomic E-state index is 13.0.